The fourth-order valence-electron chi connectivity index (χ4n) is 3.23. The molecule has 0 aliphatic carbocycles. The van der Waals surface area contributed by atoms with E-state index in [4.69, 9.17) is 0 Å². The van der Waals surface area contributed by atoms with Crippen LogP contribution < -0.4 is 0 Å². The van der Waals surface area contributed by atoms with E-state index in [0.29, 0.717) is 5.56 Å². The van der Waals surface area contributed by atoms with Gasteiger partial charge in [0.1, 0.15) is 0 Å². The van der Waals surface area contributed by atoms with Crippen molar-refractivity contribution in [3.63, 3.8) is 0 Å². The Morgan fingerprint density at radius 3 is 2.16 bits per heavy atom. The number of aromatic nitrogens is 1. The van der Waals surface area contributed by atoms with Gasteiger partial charge in [-0.3, -0.25) is 9.59 Å². The third-order valence-corrected chi connectivity index (χ3v) is 5.43. The average Bonchev–Trinajstić information content (AvgIpc) is 3.08. The van der Waals surface area contributed by atoms with Crippen LogP contribution in [0.2, 0.25) is 0 Å². The molecule has 1 unspecified atom stereocenters. The molecule has 1 atom stereocenters. The van der Waals surface area contributed by atoms with Crippen molar-refractivity contribution in [3.8, 4) is 0 Å². The van der Waals surface area contributed by atoms with Crippen LogP contribution in [0.5, 0.6) is 0 Å². The molecule has 1 fully saturated rings. The van der Waals surface area contributed by atoms with Crippen LogP contribution in [0.1, 0.15) is 57.8 Å². The van der Waals surface area contributed by atoms with E-state index in [-0.39, 0.29) is 29.1 Å². The van der Waals surface area contributed by atoms with Crippen LogP contribution in [0.4, 0.5) is 0 Å². The van der Waals surface area contributed by atoms with E-state index >= 15 is 0 Å². The highest BCUT2D eigenvalue weighted by atomic mass is 32.2. The van der Waals surface area contributed by atoms with Crippen LogP contribution in [0.15, 0.2) is 23.4 Å². The Balaban J connectivity index is 2.00. The maximum absolute atomic E-state index is 12.7. The van der Waals surface area contributed by atoms with Gasteiger partial charge in [-0.15, -0.1) is 0 Å². The molecule has 0 saturated carbocycles. The van der Waals surface area contributed by atoms with Crippen molar-refractivity contribution in [1.82, 2.24) is 14.8 Å². The van der Waals surface area contributed by atoms with Gasteiger partial charge in [-0.05, 0) is 59.6 Å². The summed E-state index contributed by atoms with van der Waals surface area (Å²) in [5.41, 5.74) is 0.621. The van der Waals surface area contributed by atoms with Gasteiger partial charge in [-0.1, -0.05) is 11.8 Å². The third-order valence-electron chi connectivity index (χ3n) is 4.39. The van der Waals surface area contributed by atoms with Gasteiger partial charge in [0.15, 0.2) is 0 Å². The second kappa shape index (κ2) is 8.70. The average molecular weight is 364 g/mol. The van der Waals surface area contributed by atoms with Crippen LogP contribution >= 0.6 is 11.8 Å². The van der Waals surface area contributed by atoms with Gasteiger partial charge < -0.3 is 9.80 Å². The van der Waals surface area contributed by atoms with E-state index in [0.717, 1.165) is 31.0 Å². The smallest absolute Gasteiger partial charge is 0.255 e. The third kappa shape index (κ3) is 4.97. The quantitative estimate of drug-likeness (QED) is 0.727. The van der Waals surface area contributed by atoms with E-state index in [1.807, 2.05) is 56.6 Å². The number of nitrogens with zero attached hydrogens (tertiary/aromatic N) is 3. The fourth-order valence-corrected chi connectivity index (χ4v) is 4.07. The highest BCUT2D eigenvalue weighted by molar-refractivity contribution is 8.00. The molecule has 2 rings (SSSR count). The highest BCUT2D eigenvalue weighted by Gasteiger charge is 2.26. The number of rotatable bonds is 6. The Hall–Kier alpha value is -1.56. The topological polar surface area (TPSA) is 53.5 Å². The molecule has 2 heterocycles. The van der Waals surface area contributed by atoms with Gasteiger partial charge in [-0.2, -0.15) is 0 Å². The van der Waals surface area contributed by atoms with Crippen LogP contribution in [0, 0.1) is 0 Å². The van der Waals surface area contributed by atoms with Crippen LogP contribution in [0.25, 0.3) is 0 Å². The van der Waals surface area contributed by atoms with E-state index in [9.17, 15) is 9.59 Å². The minimum atomic E-state index is -0.211. The summed E-state index contributed by atoms with van der Waals surface area (Å²) >= 11 is 1.44. The van der Waals surface area contributed by atoms with E-state index in [1.165, 1.54) is 11.8 Å². The fraction of sp³-hybridized carbons (Fsp3) is 0.632. The van der Waals surface area contributed by atoms with Crippen molar-refractivity contribution < 1.29 is 9.59 Å². The predicted octanol–water partition coefficient (Wildman–Crippen LogP) is 3.44. The van der Waals surface area contributed by atoms with E-state index < -0.39 is 0 Å². The molecular formula is C19H29N3O2S. The molecule has 1 aliphatic heterocycles. The summed E-state index contributed by atoms with van der Waals surface area (Å²) < 4.78 is 0. The Kier molecular flexibility index (Phi) is 6.87. The maximum atomic E-state index is 12.7. The number of hydrogen-bond donors (Lipinski definition) is 0. The van der Waals surface area contributed by atoms with Gasteiger partial charge in [0.25, 0.3) is 5.91 Å². The first-order chi connectivity index (χ1) is 11.8. The van der Waals surface area contributed by atoms with Crippen molar-refractivity contribution in [2.75, 3.05) is 13.1 Å². The Bertz CT molecular complexity index is 587. The van der Waals surface area contributed by atoms with Crippen LogP contribution in [-0.2, 0) is 4.79 Å². The number of carbonyl (C=O) groups is 2. The summed E-state index contributed by atoms with van der Waals surface area (Å²) in [6.45, 7) is 11.7. The second-order valence-electron chi connectivity index (χ2n) is 7.08. The number of likely N-dealkylation sites (tertiary alicyclic amines) is 1. The minimum absolute atomic E-state index is 0.0523. The summed E-state index contributed by atoms with van der Waals surface area (Å²) in [6, 6.07) is 4.00. The molecule has 0 bridgehead atoms. The number of hydrogen-bond acceptors (Lipinski definition) is 4. The lowest BCUT2D eigenvalue weighted by Crippen LogP contribution is -2.45. The molecule has 0 aromatic carbocycles. The van der Waals surface area contributed by atoms with Crippen molar-refractivity contribution in [2.24, 2.45) is 0 Å². The molecule has 0 N–H and O–H groups in total. The molecule has 2 amide bonds. The summed E-state index contributed by atoms with van der Waals surface area (Å²) in [5, 5.41) is 0.559. The SMILES string of the molecule is CC(Sc1ccc(C(=O)N2CCCC2)cn1)C(=O)N(C(C)C)C(C)C. The summed E-state index contributed by atoms with van der Waals surface area (Å²) in [6.07, 6.45) is 3.78. The predicted molar refractivity (Wildman–Crippen MR) is 102 cm³/mol. The molecule has 0 radical (unpaired) electrons. The zero-order valence-electron chi connectivity index (χ0n) is 15.9. The normalized spacial score (nSPS) is 15.7. The monoisotopic (exact) mass is 363 g/mol. The summed E-state index contributed by atoms with van der Waals surface area (Å²) in [4.78, 5) is 33.2. The lowest BCUT2D eigenvalue weighted by atomic mass is 10.2. The first-order valence-corrected chi connectivity index (χ1v) is 9.93. The number of amides is 2. The number of pyridine rings is 1. The molecule has 1 saturated heterocycles. The van der Waals surface area contributed by atoms with Crippen LogP contribution in [0.3, 0.4) is 0 Å². The van der Waals surface area contributed by atoms with Crippen molar-refractivity contribution >= 4 is 23.6 Å². The zero-order chi connectivity index (χ0) is 18.6. The van der Waals surface area contributed by atoms with E-state index in [2.05, 4.69) is 4.98 Å². The van der Waals surface area contributed by atoms with Crippen molar-refractivity contribution in [3.05, 3.63) is 23.9 Å². The first-order valence-electron chi connectivity index (χ1n) is 9.05. The molecular weight excluding hydrogens is 334 g/mol. The second-order valence-corrected chi connectivity index (χ2v) is 8.44. The van der Waals surface area contributed by atoms with Gasteiger partial charge >= 0.3 is 0 Å². The van der Waals surface area contributed by atoms with Crippen LogP contribution in [-0.4, -0.2) is 57.0 Å². The molecule has 1 aliphatic rings. The van der Waals surface area contributed by atoms with Gasteiger partial charge in [-0.25, -0.2) is 4.98 Å². The Morgan fingerprint density at radius 2 is 1.68 bits per heavy atom. The largest absolute Gasteiger partial charge is 0.339 e. The van der Waals surface area contributed by atoms with Gasteiger partial charge in [0, 0.05) is 31.4 Å². The van der Waals surface area contributed by atoms with Gasteiger partial charge in [0.05, 0.1) is 15.8 Å². The maximum Gasteiger partial charge on any atom is 0.255 e. The summed E-state index contributed by atoms with van der Waals surface area (Å²) in [5.74, 6) is 0.172. The first kappa shape index (κ1) is 19.8. The molecule has 1 aromatic heterocycles. The van der Waals surface area contributed by atoms with Crippen molar-refractivity contribution in [2.45, 2.75) is 69.8 Å². The van der Waals surface area contributed by atoms with Gasteiger partial charge in [0.2, 0.25) is 5.91 Å². The lowest BCUT2D eigenvalue weighted by Gasteiger charge is -2.32. The molecule has 1 aromatic rings. The standard InChI is InChI=1S/C19H29N3O2S/c1-13(2)22(14(3)4)18(23)15(5)25-17-9-8-16(12-20-17)19(24)21-10-6-7-11-21/h8-9,12-15H,6-7,10-11H2,1-5H3. The molecule has 138 valence electrons. The lowest BCUT2D eigenvalue weighted by molar-refractivity contribution is -0.133. The molecule has 6 heteroatoms. The number of thioether (sulfide) groups is 1. The molecule has 0 spiro atoms. The number of carbonyl (C=O) groups excluding carboxylic acids is 2. The van der Waals surface area contributed by atoms with Crippen molar-refractivity contribution in [1.29, 1.82) is 0 Å². The zero-order valence-corrected chi connectivity index (χ0v) is 16.7. The Labute approximate surface area is 155 Å². The summed E-state index contributed by atoms with van der Waals surface area (Å²) in [7, 11) is 0. The molecule has 25 heavy (non-hydrogen) atoms. The Morgan fingerprint density at radius 1 is 1.08 bits per heavy atom. The minimum Gasteiger partial charge on any atom is -0.339 e. The van der Waals surface area contributed by atoms with E-state index in [1.54, 1.807) is 6.20 Å². The molecule has 5 nitrogen and oxygen atoms in total. The highest BCUT2D eigenvalue weighted by Crippen LogP contribution is 2.24.